The Morgan fingerprint density at radius 2 is 1.87 bits per heavy atom. The molecule has 0 unspecified atom stereocenters. The summed E-state index contributed by atoms with van der Waals surface area (Å²) in [6, 6.07) is 8.05. The van der Waals surface area contributed by atoms with Crippen LogP contribution in [0.2, 0.25) is 0 Å². The Morgan fingerprint density at radius 3 is 2.33 bits per heavy atom. The lowest BCUT2D eigenvalue weighted by Crippen LogP contribution is -2.33. The first-order valence-corrected chi connectivity index (χ1v) is 5.20. The molecular weight excluding hydrogens is 196 g/mol. The second-order valence-electron chi connectivity index (χ2n) is 4.28. The topological polar surface area (TPSA) is 12.0 Å². The summed E-state index contributed by atoms with van der Waals surface area (Å²) in [7, 11) is 1.76. The fourth-order valence-electron chi connectivity index (χ4n) is 1.88. The maximum atomic E-state index is 13.8. The van der Waals surface area contributed by atoms with Gasteiger partial charge >= 0.3 is 0 Å². The summed E-state index contributed by atoms with van der Waals surface area (Å²) < 4.78 is 27.7. The third-order valence-electron chi connectivity index (χ3n) is 3.14. The lowest BCUT2D eigenvalue weighted by Gasteiger charge is -2.22. The number of alkyl halides is 2. The van der Waals surface area contributed by atoms with Crippen molar-refractivity contribution in [1.82, 2.24) is 5.32 Å². The van der Waals surface area contributed by atoms with E-state index in [0.29, 0.717) is 0 Å². The largest absolute Gasteiger partial charge is 0.314 e. The fraction of sp³-hybridized carbons (Fsp3) is 0.500. The number of nitrogens with one attached hydrogen (secondary N) is 1. The standard InChI is InChI=1S/C12H15F2N/c1-15-11(7-8-11)9-12(13,14)10-5-3-2-4-6-10/h2-6,15H,7-9H2,1H3. The van der Waals surface area contributed by atoms with E-state index in [4.69, 9.17) is 0 Å². The van der Waals surface area contributed by atoms with Crippen LogP contribution in [-0.2, 0) is 5.92 Å². The molecule has 0 amide bonds. The average Bonchev–Trinajstić information content (AvgIpc) is 2.99. The lowest BCUT2D eigenvalue weighted by atomic mass is 9.99. The Bertz CT molecular complexity index is 331. The van der Waals surface area contributed by atoms with Crippen molar-refractivity contribution in [2.45, 2.75) is 30.7 Å². The zero-order valence-electron chi connectivity index (χ0n) is 8.76. The Balaban J connectivity index is 2.13. The van der Waals surface area contributed by atoms with Crippen LogP contribution in [0.4, 0.5) is 8.78 Å². The second-order valence-corrected chi connectivity index (χ2v) is 4.28. The van der Waals surface area contributed by atoms with Gasteiger partial charge in [0, 0.05) is 17.5 Å². The minimum Gasteiger partial charge on any atom is -0.314 e. The van der Waals surface area contributed by atoms with Gasteiger partial charge in [-0.1, -0.05) is 30.3 Å². The van der Waals surface area contributed by atoms with Crippen molar-refractivity contribution in [3.05, 3.63) is 35.9 Å². The van der Waals surface area contributed by atoms with Gasteiger partial charge in [-0.2, -0.15) is 0 Å². The van der Waals surface area contributed by atoms with Crippen molar-refractivity contribution < 1.29 is 8.78 Å². The summed E-state index contributed by atoms with van der Waals surface area (Å²) in [5.74, 6) is -2.72. The normalized spacial score (nSPS) is 18.9. The van der Waals surface area contributed by atoms with Crippen LogP contribution in [0.1, 0.15) is 24.8 Å². The molecule has 0 saturated heterocycles. The highest BCUT2D eigenvalue weighted by Crippen LogP contribution is 2.47. The highest BCUT2D eigenvalue weighted by atomic mass is 19.3. The molecule has 15 heavy (non-hydrogen) atoms. The smallest absolute Gasteiger partial charge is 0.275 e. The summed E-state index contributed by atoms with van der Waals surface area (Å²) >= 11 is 0. The van der Waals surface area contributed by atoms with Gasteiger partial charge in [0.05, 0.1) is 0 Å². The van der Waals surface area contributed by atoms with Gasteiger partial charge in [0.1, 0.15) is 0 Å². The van der Waals surface area contributed by atoms with E-state index in [1.54, 1.807) is 25.2 Å². The Kier molecular flexibility index (Phi) is 2.51. The summed E-state index contributed by atoms with van der Waals surface area (Å²) in [6.07, 6.45) is 1.61. The van der Waals surface area contributed by atoms with Gasteiger partial charge in [0.25, 0.3) is 5.92 Å². The van der Waals surface area contributed by atoms with Crippen LogP contribution in [0.3, 0.4) is 0 Å². The molecule has 0 spiro atoms. The Hall–Kier alpha value is -0.960. The molecule has 0 aromatic heterocycles. The van der Waals surface area contributed by atoms with Crippen LogP contribution < -0.4 is 5.32 Å². The number of benzene rings is 1. The number of rotatable bonds is 4. The number of hydrogen-bond acceptors (Lipinski definition) is 1. The molecule has 1 N–H and O–H groups in total. The van der Waals surface area contributed by atoms with Crippen molar-refractivity contribution in [1.29, 1.82) is 0 Å². The van der Waals surface area contributed by atoms with Crippen LogP contribution in [0.25, 0.3) is 0 Å². The van der Waals surface area contributed by atoms with Gasteiger partial charge in [0.15, 0.2) is 0 Å². The predicted molar refractivity (Wildman–Crippen MR) is 56.0 cm³/mol. The van der Waals surface area contributed by atoms with Gasteiger partial charge in [-0.25, -0.2) is 8.78 Å². The molecule has 1 fully saturated rings. The maximum Gasteiger partial charge on any atom is 0.275 e. The highest BCUT2D eigenvalue weighted by Gasteiger charge is 2.49. The van der Waals surface area contributed by atoms with E-state index in [1.165, 1.54) is 12.1 Å². The molecule has 0 radical (unpaired) electrons. The van der Waals surface area contributed by atoms with E-state index < -0.39 is 5.92 Å². The quantitative estimate of drug-likeness (QED) is 0.807. The van der Waals surface area contributed by atoms with Crippen molar-refractivity contribution in [3.63, 3.8) is 0 Å². The van der Waals surface area contributed by atoms with E-state index in [-0.39, 0.29) is 17.5 Å². The van der Waals surface area contributed by atoms with Crippen molar-refractivity contribution in [3.8, 4) is 0 Å². The number of hydrogen-bond donors (Lipinski definition) is 1. The minimum atomic E-state index is -2.72. The SMILES string of the molecule is CNC1(CC(F)(F)c2ccccc2)CC1. The molecule has 82 valence electrons. The zero-order chi connectivity index (χ0) is 10.9. The monoisotopic (exact) mass is 211 g/mol. The number of halogens is 2. The Labute approximate surface area is 88.5 Å². The summed E-state index contributed by atoms with van der Waals surface area (Å²) in [4.78, 5) is 0. The fourth-order valence-corrected chi connectivity index (χ4v) is 1.88. The van der Waals surface area contributed by atoms with Gasteiger partial charge in [-0.3, -0.25) is 0 Å². The van der Waals surface area contributed by atoms with Crippen molar-refractivity contribution in [2.75, 3.05) is 7.05 Å². The highest BCUT2D eigenvalue weighted by molar-refractivity contribution is 5.22. The van der Waals surface area contributed by atoms with Crippen molar-refractivity contribution >= 4 is 0 Å². The molecule has 1 aliphatic carbocycles. The molecule has 0 bridgehead atoms. The lowest BCUT2D eigenvalue weighted by molar-refractivity contribution is -0.0255. The molecule has 1 saturated carbocycles. The second kappa shape index (κ2) is 3.56. The van der Waals surface area contributed by atoms with Crippen LogP contribution in [0.5, 0.6) is 0 Å². The molecule has 1 aromatic rings. The Morgan fingerprint density at radius 1 is 1.27 bits per heavy atom. The third-order valence-corrected chi connectivity index (χ3v) is 3.14. The third kappa shape index (κ3) is 2.17. The summed E-state index contributed by atoms with van der Waals surface area (Å²) in [6.45, 7) is 0. The maximum absolute atomic E-state index is 13.8. The van der Waals surface area contributed by atoms with E-state index in [2.05, 4.69) is 5.32 Å². The molecule has 1 nitrogen and oxygen atoms in total. The van der Waals surface area contributed by atoms with Crippen LogP contribution in [0.15, 0.2) is 30.3 Å². The van der Waals surface area contributed by atoms with Crippen LogP contribution in [-0.4, -0.2) is 12.6 Å². The van der Waals surface area contributed by atoms with Gasteiger partial charge in [0.2, 0.25) is 0 Å². The molecular formula is C12H15F2N. The van der Waals surface area contributed by atoms with Gasteiger partial charge in [-0.05, 0) is 19.9 Å². The van der Waals surface area contributed by atoms with Crippen LogP contribution >= 0.6 is 0 Å². The molecule has 2 rings (SSSR count). The first-order chi connectivity index (χ1) is 7.08. The first-order valence-electron chi connectivity index (χ1n) is 5.20. The van der Waals surface area contributed by atoms with E-state index >= 15 is 0 Å². The van der Waals surface area contributed by atoms with Gasteiger partial charge < -0.3 is 5.32 Å². The first kappa shape index (κ1) is 10.6. The molecule has 3 heteroatoms. The molecule has 1 aliphatic rings. The minimum absolute atomic E-state index is 0.0967. The molecule has 0 aliphatic heterocycles. The molecule has 0 heterocycles. The van der Waals surface area contributed by atoms with E-state index in [0.717, 1.165) is 12.8 Å². The summed E-state index contributed by atoms with van der Waals surface area (Å²) in [5.41, 5.74) is -0.203. The molecule has 1 aromatic carbocycles. The van der Waals surface area contributed by atoms with Crippen LogP contribution in [0, 0.1) is 0 Å². The predicted octanol–water partition coefficient (Wildman–Crippen LogP) is 2.92. The van der Waals surface area contributed by atoms with Crippen molar-refractivity contribution in [2.24, 2.45) is 0 Å². The molecule has 0 atom stereocenters. The van der Waals surface area contributed by atoms with Gasteiger partial charge in [-0.15, -0.1) is 0 Å². The van der Waals surface area contributed by atoms with E-state index in [1.807, 2.05) is 0 Å². The average molecular weight is 211 g/mol. The summed E-state index contributed by atoms with van der Waals surface area (Å²) in [5, 5.41) is 3.00. The zero-order valence-corrected chi connectivity index (χ0v) is 8.76. The van der Waals surface area contributed by atoms with E-state index in [9.17, 15) is 8.78 Å².